The second-order valence-corrected chi connectivity index (χ2v) is 5.35. The summed E-state index contributed by atoms with van der Waals surface area (Å²) in [4.78, 5) is 15.8. The first-order valence-electron chi connectivity index (χ1n) is 7.76. The lowest BCUT2D eigenvalue weighted by Gasteiger charge is -2.03. The number of hydrogen-bond acceptors (Lipinski definition) is 4. The van der Waals surface area contributed by atoms with Crippen molar-refractivity contribution in [2.24, 2.45) is 0 Å². The van der Waals surface area contributed by atoms with Crippen molar-refractivity contribution >= 4 is 17.0 Å². The predicted octanol–water partition coefficient (Wildman–Crippen LogP) is 3.62. The Morgan fingerprint density at radius 3 is 2.45 bits per heavy atom. The Morgan fingerprint density at radius 1 is 1.00 bits per heavy atom. The van der Waals surface area contributed by atoms with Crippen LogP contribution in [0.15, 0.2) is 6.33 Å². The molecule has 0 fully saturated rings. The quantitative estimate of drug-likeness (QED) is 0.685. The molecule has 0 atom stereocenters. The zero-order valence-corrected chi connectivity index (χ0v) is 12.4. The third-order valence-corrected chi connectivity index (χ3v) is 3.61. The highest BCUT2D eigenvalue weighted by molar-refractivity contribution is 5.80. The van der Waals surface area contributed by atoms with Gasteiger partial charge in [0.15, 0.2) is 11.5 Å². The van der Waals surface area contributed by atoms with Gasteiger partial charge in [0.2, 0.25) is 0 Å². The number of hydrogen-bond donors (Lipinski definition) is 2. The van der Waals surface area contributed by atoms with Gasteiger partial charge in [-0.25, -0.2) is 15.0 Å². The SMILES string of the molecule is CCCCCCCCCCc1nc(N)c2[nH]cnc2n1. The van der Waals surface area contributed by atoms with E-state index in [1.165, 1.54) is 44.9 Å². The van der Waals surface area contributed by atoms with Crippen molar-refractivity contribution in [2.45, 2.75) is 64.7 Å². The van der Waals surface area contributed by atoms with Gasteiger partial charge in [-0.2, -0.15) is 0 Å². The largest absolute Gasteiger partial charge is 0.382 e. The van der Waals surface area contributed by atoms with Crippen molar-refractivity contribution in [3.05, 3.63) is 12.2 Å². The Kier molecular flexibility index (Phi) is 5.77. The number of aromatic amines is 1. The van der Waals surface area contributed by atoms with Crippen molar-refractivity contribution < 1.29 is 0 Å². The van der Waals surface area contributed by atoms with Gasteiger partial charge >= 0.3 is 0 Å². The molecule has 2 aromatic rings. The molecule has 20 heavy (non-hydrogen) atoms. The number of rotatable bonds is 9. The lowest BCUT2D eigenvalue weighted by molar-refractivity contribution is 0.572. The summed E-state index contributed by atoms with van der Waals surface area (Å²) in [5, 5.41) is 0. The first-order valence-corrected chi connectivity index (χ1v) is 7.76. The number of nitrogens with one attached hydrogen (secondary N) is 1. The number of nitrogen functional groups attached to an aromatic ring is 1. The first kappa shape index (κ1) is 14.8. The van der Waals surface area contributed by atoms with E-state index in [1.54, 1.807) is 6.33 Å². The maximum absolute atomic E-state index is 5.88. The molecular formula is C15H25N5. The molecule has 110 valence electrons. The fourth-order valence-corrected chi connectivity index (χ4v) is 2.43. The summed E-state index contributed by atoms with van der Waals surface area (Å²) in [6.07, 6.45) is 13.0. The van der Waals surface area contributed by atoms with Gasteiger partial charge in [-0.3, -0.25) is 0 Å². The Balaban J connectivity index is 1.68. The number of unbranched alkanes of at least 4 members (excludes halogenated alkanes) is 7. The van der Waals surface area contributed by atoms with Crippen LogP contribution in [-0.4, -0.2) is 19.9 Å². The summed E-state index contributed by atoms with van der Waals surface area (Å²) >= 11 is 0. The molecule has 5 heteroatoms. The summed E-state index contributed by atoms with van der Waals surface area (Å²) in [5.74, 6) is 1.31. The topological polar surface area (TPSA) is 80.5 Å². The van der Waals surface area contributed by atoms with Crippen LogP contribution in [0.25, 0.3) is 11.2 Å². The van der Waals surface area contributed by atoms with Crippen molar-refractivity contribution in [3.8, 4) is 0 Å². The molecule has 2 rings (SSSR count). The van der Waals surface area contributed by atoms with Crippen LogP contribution in [0.3, 0.4) is 0 Å². The van der Waals surface area contributed by atoms with Gasteiger partial charge in [0.05, 0.1) is 6.33 Å². The van der Waals surface area contributed by atoms with Crippen LogP contribution in [0.4, 0.5) is 5.82 Å². The van der Waals surface area contributed by atoms with E-state index >= 15 is 0 Å². The summed E-state index contributed by atoms with van der Waals surface area (Å²) in [5.41, 5.74) is 7.29. The normalized spacial score (nSPS) is 11.2. The summed E-state index contributed by atoms with van der Waals surface area (Å²) < 4.78 is 0. The Bertz CT molecular complexity index is 520. The Hall–Kier alpha value is -1.65. The van der Waals surface area contributed by atoms with E-state index in [0.29, 0.717) is 11.5 Å². The minimum absolute atomic E-state index is 0.502. The Labute approximate surface area is 120 Å². The second kappa shape index (κ2) is 7.82. The molecule has 0 bridgehead atoms. The number of H-pyrrole nitrogens is 1. The molecule has 0 aliphatic carbocycles. The number of aromatic nitrogens is 4. The van der Waals surface area contributed by atoms with Crippen LogP contribution in [0.2, 0.25) is 0 Å². The molecule has 0 amide bonds. The van der Waals surface area contributed by atoms with Crippen molar-refractivity contribution in [1.82, 2.24) is 19.9 Å². The molecule has 5 nitrogen and oxygen atoms in total. The van der Waals surface area contributed by atoms with E-state index in [0.717, 1.165) is 24.2 Å². The molecule has 2 aromatic heterocycles. The van der Waals surface area contributed by atoms with E-state index in [-0.39, 0.29) is 0 Å². The molecule has 0 aromatic carbocycles. The van der Waals surface area contributed by atoms with Crippen LogP contribution in [0, 0.1) is 0 Å². The lowest BCUT2D eigenvalue weighted by Crippen LogP contribution is -2.01. The molecule has 0 aliphatic heterocycles. The Morgan fingerprint density at radius 2 is 1.70 bits per heavy atom. The third-order valence-electron chi connectivity index (χ3n) is 3.61. The summed E-state index contributed by atoms with van der Waals surface area (Å²) in [7, 11) is 0. The van der Waals surface area contributed by atoms with E-state index < -0.39 is 0 Å². The average Bonchev–Trinajstić information content (AvgIpc) is 2.91. The van der Waals surface area contributed by atoms with Gasteiger partial charge in [-0.1, -0.05) is 51.9 Å². The minimum Gasteiger partial charge on any atom is -0.382 e. The van der Waals surface area contributed by atoms with Gasteiger partial charge in [0.25, 0.3) is 0 Å². The highest BCUT2D eigenvalue weighted by atomic mass is 15.0. The van der Waals surface area contributed by atoms with Gasteiger partial charge in [0, 0.05) is 6.42 Å². The molecule has 0 spiro atoms. The number of aryl methyl sites for hydroxylation is 1. The fraction of sp³-hybridized carbons (Fsp3) is 0.667. The zero-order valence-electron chi connectivity index (χ0n) is 12.4. The van der Waals surface area contributed by atoms with Crippen molar-refractivity contribution in [1.29, 1.82) is 0 Å². The minimum atomic E-state index is 0.502. The lowest BCUT2D eigenvalue weighted by atomic mass is 10.1. The molecular weight excluding hydrogens is 250 g/mol. The van der Waals surface area contributed by atoms with Crippen molar-refractivity contribution in [2.75, 3.05) is 5.73 Å². The maximum atomic E-state index is 5.88. The summed E-state index contributed by atoms with van der Waals surface area (Å²) in [6.45, 7) is 2.25. The maximum Gasteiger partial charge on any atom is 0.183 e. The zero-order chi connectivity index (χ0) is 14.2. The molecule has 2 heterocycles. The number of nitrogens with two attached hydrogens (primary N) is 1. The van der Waals surface area contributed by atoms with Gasteiger partial charge in [0.1, 0.15) is 11.3 Å². The number of fused-ring (bicyclic) bond motifs is 1. The average molecular weight is 275 g/mol. The second-order valence-electron chi connectivity index (χ2n) is 5.35. The molecule has 0 saturated carbocycles. The van der Waals surface area contributed by atoms with E-state index in [1.807, 2.05) is 0 Å². The van der Waals surface area contributed by atoms with Gasteiger partial charge < -0.3 is 10.7 Å². The van der Waals surface area contributed by atoms with E-state index in [4.69, 9.17) is 5.73 Å². The molecule has 0 radical (unpaired) electrons. The van der Waals surface area contributed by atoms with E-state index in [2.05, 4.69) is 26.9 Å². The highest BCUT2D eigenvalue weighted by Gasteiger charge is 2.06. The van der Waals surface area contributed by atoms with E-state index in [9.17, 15) is 0 Å². The predicted molar refractivity (Wildman–Crippen MR) is 82.4 cm³/mol. The number of imidazole rings is 1. The van der Waals surface area contributed by atoms with Crippen LogP contribution >= 0.6 is 0 Å². The van der Waals surface area contributed by atoms with Crippen LogP contribution in [-0.2, 0) is 6.42 Å². The molecule has 3 N–H and O–H groups in total. The highest BCUT2D eigenvalue weighted by Crippen LogP contribution is 2.15. The first-order chi connectivity index (χ1) is 9.81. The smallest absolute Gasteiger partial charge is 0.183 e. The van der Waals surface area contributed by atoms with Gasteiger partial charge in [-0.05, 0) is 6.42 Å². The number of nitrogens with zero attached hydrogens (tertiary/aromatic N) is 3. The van der Waals surface area contributed by atoms with Crippen molar-refractivity contribution in [3.63, 3.8) is 0 Å². The summed E-state index contributed by atoms with van der Waals surface area (Å²) in [6, 6.07) is 0. The number of anilines is 1. The molecule has 0 unspecified atom stereocenters. The van der Waals surface area contributed by atoms with Crippen LogP contribution in [0.1, 0.15) is 64.1 Å². The molecule has 0 saturated heterocycles. The monoisotopic (exact) mass is 275 g/mol. The fourth-order valence-electron chi connectivity index (χ4n) is 2.43. The van der Waals surface area contributed by atoms with Crippen LogP contribution in [0.5, 0.6) is 0 Å². The standard InChI is InChI=1S/C15H25N5/c1-2-3-4-5-6-7-8-9-10-12-19-14(16)13-15(20-12)18-11-17-13/h11H,2-10H2,1H3,(H3,16,17,18,19,20). The third kappa shape index (κ3) is 4.18. The molecule has 0 aliphatic rings. The van der Waals surface area contributed by atoms with Gasteiger partial charge in [-0.15, -0.1) is 0 Å². The van der Waals surface area contributed by atoms with Crippen LogP contribution < -0.4 is 5.73 Å².